The van der Waals surface area contributed by atoms with Crippen LogP contribution in [0.5, 0.6) is 0 Å². The molecule has 3 N–H and O–H groups in total. The zero-order valence-electron chi connectivity index (χ0n) is 14.8. The Bertz CT molecular complexity index is 788. The number of hydrogen-bond acceptors (Lipinski definition) is 2. The van der Waals surface area contributed by atoms with Gasteiger partial charge in [-0.25, -0.2) is 0 Å². The van der Waals surface area contributed by atoms with E-state index in [9.17, 15) is 5.11 Å². The average Bonchev–Trinajstić information content (AvgIpc) is 2.65. The van der Waals surface area contributed by atoms with E-state index in [2.05, 4.69) is 32.0 Å². The van der Waals surface area contributed by atoms with Crippen LogP contribution in [0.2, 0.25) is 0 Å². The predicted molar refractivity (Wildman–Crippen MR) is 103 cm³/mol. The summed E-state index contributed by atoms with van der Waals surface area (Å²) in [6.07, 6.45) is 0.605. The molecule has 0 aromatic heterocycles. The van der Waals surface area contributed by atoms with E-state index in [-0.39, 0.29) is 0 Å². The Morgan fingerprint density at radius 3 is 1.88 bits per heavy atom. The number of aliphatic hydroxyl groups is 1. The molecule has 0 aliphatic carbocycles. The molecule has 0 bridgehead atoms. The Balaban J connectivity index is 2.04. The molecule has 2 nitrogen and oxygen atoms in total. The molecule has 0 aliphatic rings. The second-order valence-corrected chi connectivity index (χ2v) is 6.74. The molecule has 0 saturated heterocycles. The van der Waals surface area contributed by atoms with Crippen molar-refractivity contribution in [1.29, 1.82) is 0 Å². The van der Waals surface area contributed by atoms with Crippen LogP contribution in [0.1, 0.15) is 27.8 Å². The molecule has 3 rings (SSSR count). The Kier molecular flexibility index (Phi) is 5.03. The molecule has 25 heavy (non-hydrogen) atoms. The van der Waals surface area contributed by atoms with Gasteiger partial charge >= 0.3 is 0 Å². The number of benzene rings is 3. The van der Waals surface area contributed by atoms with Crippen LogP contribution in [0.25, 0.3) is 0 Å². The molecule has 0 amide bonds. The lowest BCUT2D eigenvalue weighted by Gasteiger charge is -2.35. The molecule has 3 aromatic carbocycles. The summed E-state index contributed by atoms with van der Waals surface area (Å²) in [4.78, 5) is 0. The van der Waals surface area contributed by atoms with E-state index in [4.69, 9.17) is 5.73 Å². The number of aryl methyl sites for hydroxylation is 2. The van der Waals surface area contributed by atoms with Gasteiger partial charge in [0.25, 0.3) is 0 Å². The summed E-state index contributed by atoms with van der Waals surface area (Å²) < 4.78 is 0. The van der Waals surface area contributed by atoms with Gasteiger partial charge in [0.1, 0.15) is 5.60 Å². The zero-order valence-corrected chi connectivity index (χ0v) is 14.8. The smallest absolute Gasteiger partial charge is 0.130 e. The Hall–Kier alpha value is -2.42. The quantitative estimate of drug-likeness (QED) is 0.739. The highest BCUT2D eigenvalue weighted by Crippen LogP contribution is 2.34. The highest BCUT2D eigenvalue weighted by Gasteiger charge is 2.38. The predicted octanol–water partition coefficient (Wildman–Crippen LogP) is 4.11. The van der Waals surface area contributed by atoms with E-state index < -0.39 is 11.6 Å². The molecule has 0 spiro atoms. The van der Waals surface area contributed by atoms with Crippen molar-refractivity contribution in [2.24, 2.45) is 5.73 Å². The van der Waals surface area contributed by atoms with Crippen LogP contribution >= 0.6 is 0 Å². The SMILES string of the molecule is Cc1ccc(C)c(C[C@H](N)C(O)(c2ccccc2)c2ccccc2)c1. The van der Waals surface area contributed by atoms with Crippen molar-refractivity contribution in [2.75, 3.05) is 0 Å². The molecule has 0 fully saturated rings. The zero-order chi connectivity index (χ0) is 17.9. The maximum absolute atomic E-state index is 11.7. The summed E-state index contributed by atoms with van der Waals surface area (Å²) >= 11 is 0. The van der Waals surface area contributed by atoms with Crippen LogP contribution < -0.4 is 5.73 Å². The van der Waals surface area contributed by atoms with E-state index in [1.165, 1.54) is 16.7 Å². The first kappa shape index (κ1) is 17.4. The van der Waals surface area contributed by atoms with E-state index in [0.717, 1.165) is 11.1 Å². The van der Waals surface area contributed by atoms with E-state index >= 15 is 0 Å². The van der Waals surface area contributed by atoms with E-state index in [1.807, 2.05) is 60.7 Å². The van der Waals surface area contributed by atoms with Crippen LogP contribution in [0.15, 0.2) is 78.9 Å². The molecule has 128 valence electrons. The summed E-state index contributed by atoms with van der Waals surface area (Å²) in [6.45, 7) is 4.17. The van der Waals surface area contributed by atoms with Gasteiger partial charge in [-0.1, -0.05) is 84.4 Å². The fraction of sp³-hybridized carbons (Fsp3) is 0.217. The monoisotopic (exact) mass is 331 g/mol. The topological polar surface area (TPSA) is 46.2 Å². The first-order valence-electron chi connectivity index (χ1n) is 8.67. The Morgan fingerprint density at radius 1 is 0.840 bits per heavy atom. The van der Waals surface area contributed by atoms with Crippen molar-refractivity contribution in [3.8, 4) is 0 Å². The van der Waals surface area contributed by atoms with Crippen LogP contribution in [-0.2, 0) is 12.0 Å². The summed E-state index contributed by atoms with van der Waals surface area (Å²) in [7, 11) is 0. The van der Waals surface area contributed by atoms with Crippen molar-refractivity contribution in [3.05, 3.63) is 107 Å². The second-order valence-electron chi connectivity index (χ2n) is 6.74. The Morgan fingerprint density at radius 2 is 1.36 bits per heavy atom. The molecule has 0 aliphatic heterocycles. The fourth-order valence-electron chi connectivity index (χ4n) is 3.38. The summed E-state index contributed by atoms with van der Waals surface area (Å²) in [5.41, 5.74) is 10.6. The largest absolute Gasteiger partial charge is 0.379 e. The average molecular weight is 331 g/mol. The van der Waals surface area contributed by atoms with E-state index in [0.29, 0.717) is 6.42 Å². The molecular weight excluding hydrogens is 306 g/mol. The fourth-order valence-corrected chi connectivity index (χ4v) is 3.38. The Labute approximate surface area is 150 Å². The third kappa shape index (κ3) is 3.51. The van der Waals surface area contributed by atoms with Gasteiger partial charge in [0.15, 0.2) is 0 Å². The molecule has 0 unspecified atom stereocenters. The van der Waals surface area contributed by atoms with Gasteiger partial charge in [0, 0.05) is 6.04 Å². The van der Waals surface area contributed by atoms with Crippen molar-refractivity contribution < 1.29 is 5.11 Å². The van der Waals surface area contributed by atoms with Crippen molar-refractivity contribution >= 4 is 0 Å². The minimum absolute atomic E-state index is 0.460. The van der Waals surface area contributed by atoms with Crippen molar-refractivity contribution in [1.82, 2.24) is 0 Å². The number of hydrogen-bond donors (Lipinski definition) is 2. The van der Waals surface area contributed by atoms with Crippen molar-refractivity contribution in [2.45, 2.75) is 31.9 Å². The molecular formula is C23H25NO. The third-order valence-electron chi connectivity index (χ3n) is 4.91. The molecule has 0 saturated carbocycles. The lowest BCUT2D eigenvalue weighted by molar-refractivity contribution is 0.0516. The molecule has 3 aromatic rings. The molecule has 2 heteroatoms. The van der Waals surface area contributed by atoms with Gasteiger partial charge in [0.2, 0.25) is 0 Å². The number of rotatable bonds is 5. The van der Waals surface area contributed by atoms with Gasteiger partial charge in [-0.15, -0.1) is 0 Å². The minimum atomic E-state index is -1.24. The third-order valence-corrected chi connectivity index (χ3v) is 4.91. The molecule has 1 atom stereocenters. The van der Waals surface area contributed by atoms with Crippen LogP contribution in [0.4, 0.5) is 0 Å². The highest BCUT2D eigenvalue weighted by molar-refractivity contribution is 5.40. The minimum Gasteiger partial charge on any atom is -0.379 e. The standard InChI is InChI=1S/C23H25NO/c1-17-13-14-18(2)19(15-17)16-22(24)23(25,20-9-5-3-6-10-20)21-11-7-4-8-12-21/h3-15,22,25H,16,24H2,1-2H3/t22-/m0/s1. The maximum Gasteiger partial charge on any atom is 0.130 e. The van der Waals surface area contributed by atoms with Crippen LogP contribution in [-0.4, -0.2) is 11.1 Å². The van der Waals surface area contributed by atoms with Gasteiger partial charge in [0.05, 0.1) is 0 Å². The summed E-state index contributed by atoms with van der Waals surface area (Å²) in [5.74, 6) is 0. The highest BCUT2D eigenvalue weighted by atomic mass is 16.3. The van der Waals surface area contributed by atoms with Crippen molar-refractivity contribution in [3.63, 3.8) is 0 Å². The summed E-state index contributed by atoms with van der Waals surface area (Å²) in [5, 5.41) is 11.7. The normalized spacial score (nSPS) is 12.8. The van der Waals surface area contributed by atoms with Gasteiger partial charge < -0.3 is 10.8 Å². The van der Waals surface area contributed by atoms with E-state index in [1.54, 1.807) is 0 Å². The van der Waals surface area contributed by atoms with Crippen LogP contribution in [0, 0.1) is 13.8 Å². The number of nitrogens with two attached hydrogens (primary N) is 1. The molecule has 0 radical (unpaired) electrons. The first-order valence-corrected chi connectivity index (χ1v) is 8.67. The van der Waals surface area contributed by atoms with Crippen LogP contribution in [0.3, 0.4) is 0 Å². The first-order chi connectivity index (χ1) is 12.0. The summed E-state index contributed by atoms with van der Waals surface area (Å²) in [6, 6.07) is 25.3. The maximum atomic E-state index is 11.7. The lowest BCUT2D eigenvalue weighted by atomic mass is 9.78. The lowest BCUT2D eigenvalue weighted by Crippen LogP contribution is -2.47. The molecule has 0 heterocycles. The van der Waals surface area contributed by atoms with Gasteiger partial charge in [-0.05, 0) is 42.5 Å². The second kappa shape index (κ2) is 7.22. The van der Waals surface area contributed by atoms with Gasteiger partial charge in [-0.2, -0.15) is 0 Å². The van der Waals surface area contributed by atoms with Gasteiger partial charge in [-0.3, -0.25) is 0 Å².